The third-order valence-corrected chi connectivity index (χ3v) is 3.34. The monoisotopic (exact) mass is 193 g/mol. The lowest BCUT2D eigenvalue weighted by molar-refractivity contribution is 0.339. The first-order chi connectivity index (χ1) is 6.78. The molecule has 76 valence electrons. The number of rotatable bonds is 2. The summed E-state index contributed by atoms with van der Waals surface area (Å²) in [5.74, 6) is 1.69. The smallest absolute Gasteiger partial charge is 0.243 e. The number of aromatic nitrogens is 2. The Morgan fingerprint density at radius 2 is 2.36 bits per heavy atom. The molecule has 4 heteroatoms. The summed E-state index contributed by atoms with van der Waals surface area (Å²) in [7, 11) is 0. The van der Waals surface area contributed by atoms with Crippen LogP contribution in [0.4, 0.5) is 0 Å². The highest BCUT2D eigenvalue weighted by atomic mass is 16.5. The second kappa shape index (κ2) is 2.79. The molecule has 1 aromatic heterocycles. The van der Waals surface area contributed by atoms with E-state index in [2.05, 4.69) is 22.4 Å². The van der Waals surface area contributed by atoms with Crippen molar-refractivity contribution in [1.82, 2.24) is 15.5 Å². The fraction of sp³-hybridized carbons (Fsp3) is 0.800. The molecule has 1 aromatic rings. The van der Waals surface area contributed by atoms with Crippen molar-refractivity contribution >= 4 is 0 Å². The summed E-state index contributed by atoms with van der Waals surface area (Å²) in [6, 6.07) is 0.304. The van der Waals surface area contributed by atoms with Crippen LogP contribution in [0.15, 0.2) is 4.52 Å². The number of nitrogens with zero attached hydrogens (tertiary/aromatic N) is 2. The fourth-order valence-electron chi connectivity index (χ4n) is 1.93. The zero-order chi connectivity index (χ0) is 9.60. The average Bonchev–Trinajstić information content (AvgIpc) is 2.73. The van der Waals surface area contributed by atoms with Gasteiger partial charge in [0.1, 0.15) is 0 Å². The molecule has 0 amide bonds. The van der Waals surface area contributed by atoms with E-state index >= 15 is 0 Å². The van der Waals surface area contributed by atoms with E-state index in [4.69, 9.17) is 4.52 Å². The van der Waals surface area contributed by atoms with Crippen molar-refractivity contribution in [2.24, 2.45) is 0 Å². The summed E-state index contributed by atoms with van der Waals surface area (Å²) >= 11 is 0. The van der Waals surface area contributed by atoms with Crippen molar-refractivity contribution in [1.29, 1.82) is 0 Å². The van der Waals surface area contributed by atoms with Gasteiger partial charge in [0.25, 0.3) is 0 Å². The molecule has 0 radical (unpaired) electrons. The predicted molar refractivity (Wildman–Crippen MR) is 50.9 cm³/mol. The molecule has 0 spiro atoms. The minimum atomic E-state index is 0.223. The number of nitrogens with one attached hydrogen (secondary N) is 1. The van der Waals surface area contributed by atoms with Gasteiger partial charge in [-0.25, -0.2) is 0 Å². The minimum Gasteiger partial charge on any atom is -0.338 e. The van der Waals surface area contributed by atoms with Crippen LogP contribution in [0.3, 0.4) is 0 Å². The molecule has 1 saturated heterocycles. The Bertz CT molecular complexity index is 337. The molecule has 0 aromatic carbocycles. The Hall–Kier alpha value is -0.900. The van der Waals surface area contributed by atoms with Crippen LogP contribution in [0.25, 0.3) is 0 Å². The van der Waals surface area contributed by atoms with Crippen LogP contribution in [0.5, 0.6) is 0 Å². The largest absolute Gasteiger partial charge is 0.338 e. The van der Waals surface area contributed by atoms with E-state index in [0.717, 1.165) is 24.7 Å². The Labute approximate surface area is 83.1 Å². The van der Waals surface area contributed by atoms with Crippen LogP contribution in [0.2, 0.25) is 0 Å². The molecule has 4 nitrogen and oxygen atoms in total. The Morgan fingerprint density at radius 3 is 3.00 bits per heavy atom. The molecule has 2 heterocycles. The molecule has 3 rings (SSSR count). The van der Waals surface area contributed by atoms with Crippen LogP contribution in [0, 0.1) is 0 Å². The van der Waals surface area contributed by atoms with Crippen LogP contribution in [0.1, 0.15) is 50.4 Å². The molecule has 1 N–H and O–H groups in total. The second-order valence-corrected chi connectivity index (χ2v) is 4.67. The van der Waals surface area contributed by atoms with Crippen molar-refractivity contribution in [3.63, 3.8) is 0 Å². The van der Waals surface area contributed by atoms with Crippen LogP contribution in [-0.2, 0) is 5.41 Å². The van der Waals surface area contributed by atoms with Crippen molar-refractivity contribution < 1.29 is 4.52 Å². The first-order valence-corrected chi connectivity index (χ1v) is 5.35. The summed E-state index contributed by atoms with van der Waals surface area (Å²) in [5.41, 5.74) is 0.223. The molecule has 1 aliphatic carbocycles. The molecule has 2 aliphatic rings. The lowest BCUT2D eigenvalue weighted by Gasteiger charge is -2.02. The van der Waals surface area contributed by atoms with Crippen LogP contribution in [-0.4, -0.2) is 16.7 Å². The maximum Gasteiger partial charge on any atom is 0.243 e. The Kier molecular flexibility index (Phi) is 1.68. The fourth-order valence-corrected chi connectivity index (χ4v) is 1.93. The second-order valence-electron chi connectivity index (χ2n) is 4.67. The van der Waals surface area contributed by atoms with Gasteiger partial charge in [-0.05, 0) is 32.2 Å². The number of hydrogen-bond donors (Lipinski definition) is 1. The topological polar surface area (TPSA) is 51.0 Å². The van der Waals surface area contributed by atoms with Crippen molar-refractivity contribution in [3.05, 3.63) is 11.7 Å². The lowest BCUT2D eigenvalue weighted by Crippen LogP contribution is -2.13. The predicted octanol–water partition coefficient (Wildman–Crippen LogP) is 1.55. The van der Waals surface area contributed by atoms with Gasteiger partial charge >= 0.3 is 0 Å². The van der Waals surface area contributed by atoms with Crippen LogP contribution >= 0.6 is 0 Å². The highest BCUT2D eigenvalue weighted by Gasteiger charge is 2.44. The molecule has 1 atom stereocenters. The van der Waals surface area contributed by atoms with Gasteiger partial charge in [-0.2, -0.15) is 4.98 Å². The molecule has 1 aliphatic heterocycles. The van der Waals surface area contributed by atoms with E-state index < -0.39 is 0 Å². The molecule has 1 saturated carbocycles. The lowest BCUT2D eigenvalue weighted by atomic mass is 10.1. The van der Waals surface area contributed by atoms with E-state index in [1.165, 1.54) is 19.3 Å². The van der Waals surface area contributed by atoms with E-state index in [-0.39, 0.29) is 5.41 Å². The van der Waals surface area contributed by atoms with E-state index in [9.17, 15) is 0 Å². The average molecular weight is 193 g/mol. The van der Waals surface area contributed by atoms with Crippen LogP contribution < -0.4 is 5.32 Å². The molecule has 2 fully saturated rings. The zero-order valence-electron chi connectivity index (χ0n) is 8.42. The normalized spacial score (nSPS) is 29.4. The summed E-state index contributed by atoms with van der Waals surface area (Å²) in [6.07, 6.45) is 4.73. The van der Waals surface area contributed by atoms with Gasteiger partial charge in [0.05, 0.1) is 6.04 Å². The van der Waals surface area contributed by atoms with E-state index in [1.807, 2.05) is 0 Å². The summed E-state index contributed by atoms with van der Waals surface area (Å²) in [4.78, 5) is 4.49. The maximum atomic E-state index is 5.29. The molecule has 14 heavy (non-hydrogen) atoms. The third kappa shape index (κ3) is 1.25. The van der Waals surface area contributed by atoms with Crippen molar-refractivity contribution in [2.45, 2.75) is 44.1 Å². The van der Waals surface area contributed by atoms with E-state index in [0.29, 0.717) is 6.04 Å². The van der Waals surface area contributed by atoms with Gasteiger partial charge in [0, 0.05) is 5.41 Å². The van der Waals surface area contributed by atoms with Crippen molar-refractivity contribution in [2.75, 3.05) is 6.54 Å². The molecule has 0 unspecified atom stereocenters. The first-order valence-electron chi connectivity index (χ1n) is 5.35. The van der Waals surface area contributed by atoms with Gasteiger partial charge < -0.3 is 9.84 Å². The SMILES string of the molecule is CC1(c2noc([C@H]3CCCN3)n2)CC1. The standard InChI is InChI=1S/C10H15N3O/c1-10(4-5-10)9-12-8(14-13-9)7-3-2-6-11-7/h7,11H,2-6H2,1H3/t7-/m1/s1. The van der Waals surface area contributed by atoms with Gasteiger partial charge in [-0.1, -0.05) is 12.1 Å². The Morgan fingerprint density at radius 1 is 1.50 bits per heavy atom. The minimum absolute atomic E-state index is 0.223. The van der Waals surface area contributed by atoms with Gasteiger partial charge in [-0.15, -0.1) is 0 Å². The summed E-state index contributed by atoms with van der Waals surface area (Å²) < 4.78 is 5.29. The number of hydrogen-bond acceptors (Lipinski definition) is 4. The zero-order valence-corrected chi connectivity index (χ0v) is 8.42. The summed E-state index contributed by atoms with van der Waals surface area (Å²) in [5, 5.41) is 7.43. The first kappa shape index (κ1) is 8.41. The highest BCUT2D eigenvalue weighted by molar-refractivity contribution is 5.15. The molecular weight excluding hydrogens is 178 g/mol. The molecular formula is C10H15N3O. The third-order valence-electron chi connectivity index (χ3n) is 3.34. The van der Waals surface area contributed by atoms with Gasteiger partial charge in [0.15, 0.2) is 5.82 Å². The summed E-state index contributed by atoms with van der Waals surface area (Å²) in [6.45, 7) is 3.27. The van der Waals surface area contributed by atoms with Gasteiger partial charge in [0.2, 0.25) is 5.89 Å². The van der Waals surface area contributed by atoms with Crippen molar-refractivity contribution in [3.8, 4) is 0 Å². The van der Waals surface area contributed by atoms with Gasteiger partial charge in [-0.3, -0.25) is 0 Å². The van der Waals surface area contributed by atoms with E-state index in [1.54, 1.807) is 0 Å². The maximum absolute atomic E-state index is 5.29. The Balaban J connectivity index is 1.82. The highest BCUT2D eigenvalue weighted by Crippen LogP contribution is 2.46. The quantitative estimate of drug-likeness (QED) is 0.774. The molecule has 0 bridgehead atoms.